The molecule has 0 aliphatic heterocycles. The van der Waals surface area contributed by atoms with E-state index in [1.165, 1.54) is 0 Å². The second-order valence-electron chi connectivity index (χ2n) is 3.39. The quantitative estimate of drug-likeness (QED) is 0.627. The van der Waals surface area contributed by atoms with Gasteiger partial charge in [-0.3, -0.25) is 0 Å². The van der Waals surface area contributed by atoms with Crippen molar-refractivity contribution in [3.8, 4) is 0 Å². The number of rotatable bonds is 4. The lowest BCUT2D eigenvalue weighted by Gasteiger charge is -2.06. The van der Waals surface area contributed by atoms with E-state index in [0.717, 1.165) is 5.57 Å². The Hall–Kier alpha value is -0.760. The lowest BCUT2D eigenvalue weighted by molar-refractivity contribution is 0.732. The normalized spacial score (nSPS) is 15.9. The first-order valence-corrected chi connectivity index (χ1v) is 4.41. The van der Waals surface area contributed by atoms with Gasteiger partial charge in [0, 0.05) is 0 Å². The highest BCUT2D eigenvalue weighted by atomic mass is 14.5. The molecule has 0 aliphatic rings. The first-order valence-electron chi connectivity index (χ1n) is 4.41. The summed E-state index contributed by atoms with van der Waals surface area (Å²) in [6.07, 6.45) is 5.81. The minimum atomic E-state index is 0.429. The molecule has 4 N–H and O–H groups in total. The standard InChI is InChI=1S/C10H20N2/c1-8(2)10(7-12)5-4-9(3)6-11/h4-5,7-9H,6,11-12H2,1-3H3/b5-4-,10-7+. The summed E-state index contributed by atoms with van der Waals surface area (Å²) in [4.78, 5) is 0. The van der Waals surface area contributed by atoms with Crippen LogP contribution < -0.4 is 11.5 Å². The van der Waals surface area contributed by atoms with E-state index in [1.54, 1.807) is 6.20 Å². The van der Waals surface area contributed by atoms with E-state index < -0.39 is 0 Å². The van der Waals surface area contributed by atoms with E-state index >= 15 is 0 Å². The number of hydrogen-bond acceptors (Lipinski definition) is 2. The minimum absolute atomic E-state index is 0.429. The molecule has 0 aromatic carbocycles. The Morgan fingerprint density at radius 1 is 1.33 bits per heavy atom. The maximum Gasteiger partial charge on any atom is -0.00167 e. The van der Waals surface area contributed by atoms with Crippen molar-refractivity contribution < 1.29 is 0 Å². The van der Waals surface area contributed by atoms with Crippen LogP contribution in [0.25, 0.3) is 0 Å². The average Bonchev–Trinajstić information content (AvgIpc) is 2.04. The molecule has 0 heterocycles. The number of nitrogens with two attached hydrogens (primary N) is 2. The van der Waals surface area contributed by atoms with Crippen LogP contribution >= 0.6 is 0 Å². The third-order valence-corrected chi connectivity index (χ3v) is 1.85. The summed E-state index contributed by atoms with van der Waals surface area (Å²) in [6, 6.07) is 0. The lowest BCUT2D eigenvalue weighted by Crippen LogP contribution is -2.08. The van der Waals surface area contributed by atoms with E-state index in [4.69, 9.17) is 11.5 Å². The molecular weight excluding hydrogens is 148 g/mol. The van der Waals surface area contributed by atoms with Gasteiger partial charge in [0.2, 0.25) is 0 Å². The molecule has 0 radical (unpaired) electrons. The largest absolute Gasteiger partial charge is 0.404 e. The molecule has 1 unspecified atom stereocenters. The molecule has 0 saturated carbocycles. The molecule has 12 heavy (non-hydrogen) atoms. The van der Waals surface area contributed by atoms with Gasteiger partial charge in [0.25, 0.3) is 0 Å². The maximum absolute atomic E-state index is 5.47. The van der Waals surface area contributed by atoms with Gasteiger partial charge in [-0.05, 0) is 30.2 Å². The van der Waals surface area contributed by atoms with Crippen LogP contribution in [0.2, 0.25) is 0 Å². The summed E-state index contributed by atoms with van der Waals surface area (Å²) < 4.78 is 0. The molecule has 0 aromatic rings. The Morgan fingerprint density at radius 3 is 2.25 bits per heavy atom. The van der Waals surface area contributed by atoms with E-state index in [0.29, 0.717) is 18.4 Å². The molecule has 0 aliphatic carbocycles. The molecule has 0 fully saturated rings. The molecule has 1 atom stereocenters. The summed E-state index contributed by atoms with van der Waals surface area (Å²) in [6.45, 7) is 7.02. The fourth-order valence-corrected chi connectivity index (χ4v) is 0.794. The van der Waals surface area contributed by atoms with Crippen LogP contribution in [0.1, 0.15) is 20.8 Å². The molecule has 0 amide bonds. The summed E-state index contributed by atoms with van der Waals surface area (Å²) >= 11 is 0. The average molecular weight is 168 g/mol. The highest BCUT2D eigenvalue weighted by Crippen LogP contribution is 2.10. The van der Waals surface area contributed by atoms with Crippen molar-refractivity contribution in [3.63, 3.8) is 0 Å². The van der Waals surface area contributed by atoms with Crippen molar-refractivity contribution in [2.24, 2.45) is 23.3 Å². The zero-order chi connectivity index (χ0) is 9.56. The molecular formula is C10H20N2. The Bertz CT molecular complexity index is 169. The van der Waals surface area contributed by atoms with Gasteiger partial charge in [0.05, 0.1) is 0 Å². The Kier molecular flexibility index (Phi) is 5.47. The third kappa shape index (κ3) is 4.19. The predicted molar refractivity (Wildman–Crippen MR) is 54.5 cm³/mol. The lowest BCUT2D eigenvalue weighted by atomic mass is 10.0. The van der Waals surface area contributed by atoms with Crippen molar-refractivity contribution in [2.75, 3.05) is 6.54 Å². The molecule has 0 spiro atoms. The van der Waals surface area contributed by atoms with Crippen molar-refractivity contribution in [1.82, 2.24) is 0 Å². The van der Waals surface area contributed by atoms with E-state index in [-0.39, 0.29) is 0 Å². The predicted octanol–water partition coefficient (Wildman–Crippen LogP) is 1.64. The SMILES string of the molecule is CC(/C=C\C(=C/N)C(C)C)CN. The first kappa shape index (κ1) is 11.2. The van der Waals surface area contributed by atoms with Crippen LogP contribution in [0.5, 0.6) is 0 Å². The van der Waals surface area contributed by atoms with Crippen molar-refractivity contribution >= 4 is 0 Å². The molecule has 0 rings (SSSR count). The highest BCUT2D eigenvalue weighted by Gasteiger charge is 1.98. The van der Waals surface area contributed by atoms with Crippen LogP contribution in [0.3, 0.4) is 0 Å². The first-order chi connectivity index (χ1) is 5.61. The topological polar surface area (TPSA) is 52.0 Å². The second kappa shape index (κ2) is 5.84. The monoisotopic (exact) mass is 168 g/mol. The van der Waals surface area contributed by atoms with E-state index in [9.17, 15) is 0 Å². The van der Waals surface area contributed by atoms with E-state index in [1.807, 2.05) is 0 Å². The van der Waals surface area contributed by atoms with Gasteiger partial charge in [0.1, 0.15) is 0 Å². The number of allylic oxidation sites excluding steroid dienone is 2. The van der Waals surface area contributed by atoms with Gasteiger partial charge >= 0.3 is 0 Å². The highest BCUT2D eigenvalue weighted by molar-refractivity contribution is 5.19. The van der Waals surface area contributed by atoms with Crippen LogP contribution in [0, 0.1) is 11.8 Å². The zero-order valence-electron chi connectivity index (χ0n) is 8.25. The molecule has 0 saturated heterocycles. The Morgan fingerprint density at radius 2 is 1.92 bits per heavy atom. The molecule has 0 bridgehead atoms. The van der Waals surface area contributed by atoms with Crippen LogP contribution in [0.4, 0.5) is 0 Å². The summed E-state index contributed by atoms with van der Waals surface area (Å²) in [7, 11) is 0. The molecule has 2 nitrogen and oxygen atoms in total. The Labute approximate surface area is 75.3 Å². The van der Waals surface area contributed by atoms with Gasteiger partial charge in [-0.25, -0.2) is 0 Å². The molecule has 0 aromatic heterocycles. The summed E-state index contributed by atoms with van der Waals surface area (Å²) in [5.41, 5.74) is 12.1. The zero-order valence-corrected chi connectivity index (χ0v) is 8.25. The van der Waals surface area contributed by atoms with Gasteiger partial charge in [-0.1, -0.05) is 32.9 Å². The molecule has 70 valence electrons. The Balaban J connectivity index is 4.12. The fourth-order valence-electron chi connectivity index (χ4n) is 0.794. The van der Waals surface area contributed by atoms with Gasteiger partial charge in [-0.15, -0.1) is 0 Å². The van der Waals surface area contributed by atoms with Crippen molar-refractivity contribution in [1.29, 1.82) is 0 Å². The van der Waals surface area contributed by atoms with Crippen molar-refractivity contribution in [2.45, 2.75) is 20.8 Å². The van der Waals surface area contributed by atoms with Crippen molar-refractivity contribution in [3.05, 3.63) is 23.9 Å². The second-order valence-corrected chi connectivity index (χ2v) is 3.39. The summed E-state index contributed by atoms with van der Waals surface area (Å²) in [5, 5.41) is 0. The number of hydrogen-bond donors (Lipinski definition) is 2. The van der Waals surface area contributed by atoms with Gasteiger partial charge < -0.3 is 11.5 Å². The van der Waals surface area contributed by atoms with Crippen LogP contribution in [-0.2, 0) is 0 Å². The summed E-state index contributed by atoms with van der Waals surface area (Å²) in [5.74, 6) is 0.912. The van der Waals surface area contributed by atoms with E-state index in [2.05, 4.69) is 32.9 Å². The minimum Gasteiger partial charge on any atom is -0.404 e. The van der Waals surface area contributed by atoms with Crippen LogP contribution in [0.15, 0.2) is 23.9 Å². The maximum atomic E-state index is 5.47. The van der Waals surface area contributed by atoms with Gasteiger partial charge in [0.15, 0.2) is 0 Å². The van der Waals surface area contributed by atoms with Crippen LogP contribution in [-0.4, -0.2) is 6.54 Å². The third-order valence-electron chi connectivity index (χ3n) is 1.85. The van der Waals surface area contributed by atoms with Gasteiger partial charge in [-0.2, -0.15) is 0 Å². The fraction of sp³-hybridized carbons (Fsp3) is 0.600. The molecule has 2 heteroatoms. The smallest absolute Gasteiger partial charge is 0.00167 e.